The molecule has 1 atom stereocenters. The summed E-state index contributed by atoms with van der Waals surface area (Å²) in [5, 5.41) is 19.6. The second-order valence-corrected chi connectivity index (χ2v) is 1.84. The zero-order chi connectivity index (χ0) is 8.15. The van der Waals surface area contributed by atoms with E-state index in [4.69, 9.17) is 5.73 Å². The third kappa shape index (κ3) is 7.56. The number of rotatable bonds is 4. The van der Waals surface area contributed by atoms with Crippen LogP contribution in [-0.2, 0) is 9.59 Å². The first-order valence-electron chi connectivity index (χ1n) is 2.70. The van der Waals surface area contributed by atoms with E-state index in [-0.39, 0.29) is 38.7 Å². The fraction of sp³-hybridized carbons (Fsp3) is 0.600. The molecule has 2 N–H and O–H groups in total. The van der Waals surface area contributed by atoms with E-state index in [9.17, 15) is 19.8 Å². The largest absolute Gasteiger partial charge is 2.00 e. The summed E-state index contributed by atoms with van der Waals surface area (Å²) in [5.41, 5.74) is 4.91. The van der Waals surface area contributed by atoms with Gasteiger partial charge in [0, 0.05) is 12.0 Å². The number of aliphatic carboxylic acids is 2. The van der Waals surface area contributed by atoms with E-state index in [0.717, 1.165) is 0 Å². The van der Waals surface area contributed by atoms with Crippen LogP contribution in [0, 0.1) is 0 Å². The molecule has 0 aliphatic heterocycles. The van der Waals surface area contributed by atoms with Crippen LogP contribution in [0.5, 0.6) is 0 Å². The first kappa shape index (κ1) is 13.3. The first-order valence-corrected chi connectivity index (χ1v) is 2.70. The van der Waals surface area contributed by atoms with Crippen molar-refractivity contribution in [2.24, 2.45) is 5.73 Å². The van der Waals surface area contributed by atoms with Gasteiger partial charge in [0.05, 0.1) is 5.97 Å². The molecule has 58 valence electrons. The number of carbonyl (C=O) groups excluding carboxylic acids is 2. The SMILES string of the molecule is NC(CCC(=O)[O-])C(=O)[O-].[H+].[H+].[Mg+2]. The van der Waals surface area contributed by atoms with Gasteiger partial charge in [-0.1, -0.05) is 0 Å². The minimum atomic E-state index is -1.44. The first-order chi connectivity index (χ1) is 4.54. The van der Waals surface area contributed by atoms with Gasteiger partial charge in [0.25, 0.3) is 0 Å². The number of hydrogen-bond acceptors (Lipinski definition) is 5. The van der Waals surface area contributed by atoms with Crippen molar-refractivity contribution < 1.29 is 22.7 Å². The Labute approximate surface area is 82.7 Å². The Kier molecular flexibility index (Phi) is 7.70. The molecule has 0 saturated carbocycles. The Morgan fingerprint density at radius 3 is 2.18 bits per heavy atom. The van der Waals surface area contributed by atoms with E-state index in [1.165, 1.54) is 0 Å². The summed E-state index contributed by atoms with van der Waals surface area (Å²) >= 11 is 0. The third-order valence-electron chi connectivity index (χ3n) is 0.962. The monoisotopic (exact) mass is 171 g/mol. The molecule has 0 saturated heterocycles. The molecule has 0 aliphatic rings. The second-order valence-electron chi connectivity index (χ2n) is 1.84. The van der Waals surface area contributed by atoms with Gasteiger partial charge >= 0.3 is 25.9 Å². The zero-order valence-electron chi connectivity index (χ0n) is 7.91. The van der Waals surface area contributed by atoms with Crippen molar-refractivity contribution in [1.82, 2.24) is 0 Å². The maximum atomic E-state index is 9.86. The molecule has 0 aromatic rings. The summed E-state index contributed by atoms with van der Waals surface area (Å²) in [6.45, 7) is 0. The Morgan fingerprint density at radius 1 is 1.45 bits per heavy atom. The van der Waals surface area contributed by atoms with Crippen LogP contribution in [0.15, 0.2) is 0 Å². The molecule has 0 rings (SSSR count). The van der Waals surface area contributed by atoms with Crippen molar-refractivity contribution in [1.29, 1.82) is 0 Å². The smallest absolute Gasteiger partial charge is 0.550 e. The molecule has 5 nitrogen and oxygen atoms in total. The molecule has 0 aromatic heterocycles. The summed E-state index contributed by atoms with van der Waals surface area (Å²) in [6, 6.07) is -1.21. The van der Waals surface area contributed by atoms with Crippen LogP contribution in [0.3, 0.4) is 0 Å². The quantitative estimate of drug-likeness (QED) is 0.441. The molecule has 6 heteroatoms. The Hall–Kier alpha value is -0.334. The van der Waals surface area contributed by atoms with Crippen LogP contribution in [0.25, 0.3) is 0 Å². The van der Waals surface area contributed by atoms with Gasteiger partial charge in [0.1, 0.15) is 0 Å². The van der Waals surface area contributed by atoms with Gasteiger partial charge in [-0.3, -0.25) is 0 Å². The number of carboxylic acids is 2. The van der Waals surface area contributed by atoms with Crippen LogP contribution in [0.4, 0.5) is 0 Å². The van der Waals surface area contributed by atoms with E-state index in [2.05, 4.69) is 0 Å². The van der Waals surface area contributed by atoms with Crippen molar-refractivity contribution in [2.75, 3.05) is 0 Å². The summed E-state index contributed by atoms with van der Waals surface area (Å²) in [7, 11) is 0. The normalized spacial score (nSPS) is 11.4. The van der Waals surface area contributed by atoms with E-state index in [0.29, 0.717) is 0 Å². The fourth-order valence-electron chi connectivity index (χ4n) is 0.391. The summed E-state index contributed by atoms with van der Waals surface area (Å²) < 4.78 is 0. The van der Waals surface area contributed by atoms with Crippen LogP contribution < -0.4 is 15.9 Å². The van der Waals surface area contributed by atoms with Gasteiger partial charge in [-0.05, 0) is 12.8 Å². The van der Waals surface area contributed by atoms with Gasteiger partial charge in [-0.15, -0.1) is 0 Å². The Bertz CT molecular complexity index is 157. The van der Waals surface area contributed by atoms with Crippen molar-refractivity contribution in [3.8, 4) is 0 Å². The fourth-order valence-corrected chi connectivity index (χ4v) is 0.391. The van der Waals surface area contributed by atoms with Crippen molar-refractivity contribution >= 4 is 35.0 Å². The molecule has 0 radical (unpaired) electrons. The minimum Gasteiger partial charge on any atom is -0.550 e. The van der Waals surface area contributed by atoms with Crippen molar-refractivity contribution in [2.45, 2.75) is 18.9 Å². The number of carbonyl (C=O) groups is 2. The van der Waals surface area contributed by atoms with E-state index < -0.39 is 18.0 Å². The molecule has 0 aromatic carbocycles. The molecule has 0 aliphatic carbocycles. The predicted octanol–water partition coefficient (Wildman–Crippen LogP) is -3.56. The zero-order valence-corrected chi connectivity index (χ0v) is 7.32. The molecular formula is C5H9MgNO4+2. The molecule has 0 heterocycles. The van der Waals surface area contributed by atoms with Crippen LogP contribution in [0.2, 0.25) is 0 Å². The van der Waals surface area contributed by atoms with Gasteiger partial charge in [-0.25, -0.2) is 0 Å². The summed E-state index contributed by atoms with van der Waals surface area (Å²) in [4.78, 5) is 19.6. The van der Waals surface area contributed by atoms with Crippen molar-refractivity contribution in [3.63, 3.8) is 0 Å². The van der Waals surface area contributed by atoms with Crippen molar-refractivity contribution in [3.05, 3.63) is 0 Å². The molecule has 0 fully saturated rings. The van der Waals surface area contributed by atoms with E-state index in [1.807, 2.05) is 0 Å². The Morgan fingerprint density at radius 2 is 1.91 bits per heavy atom. The van der Waals surface area contributed by atoms with Gasteiger partial charge in [-0.2, -0.15) is 0 Å². The third-order valence-corrected chi connectivity index (χ3v) is 0.962. The van der Waals surface area contributed by atoms with Crippen LogP contribution >= 0.6 is 0 Å². The molecule has 11 heavy (non-hydrogen) atoms. The van der Waals surface area contributed by atoms with Gasteiger partial charge in [0.2, 0.25) is 0 Å². The van der Waals surface area contributed by atoms with E-state index in [1.54, 1.807) is 0 Å². The topological polar surface area (TPSA) is 106 Å². The molecule has 0 amide bonds. The predicted molar refractivity (Wildman–Crippen MR) is 35.2 cm³/mol. The summed E-state index contributed by atoms with van der Waals surface area (Å²) in [6.07, 6.45) is -0.500. The van der Waals surface area contributed by atoms with Crippen LogP contribution in [-0.4, -0.2) is 41.0 Å². The Balaban J connectivity index is -0.000000135. The maximum absolute atomic E-state index is 9.86. The average Bonchev–Trinajstić information content (AvgIpc) is 1.82. The van der Waals surface area contributed by atoms with Crippen LogP contribution in [0.1, 0.15) is 15.7 Å². The standard InChI is InChI=1S/C5H9NO4.Mg/c6-3(5(9)10)1-2-4(7)8;/h3H,1-2,6H2,(H,7,8)(H,9,10);/q;+2. The number of carboxylic acid groups (broad SMARTS) is 2. The van der Waals surface area contributed by atoms with Gasteiger partial charge in [0.15, 0.2) is 0 Å². The number of hydrogen-bond donors (Lipinski definition) is 1. The molecule has 0 spiro atoms. The second kappa shape index (κ2) is 6.38. The average molecular weight is 171 g/mol. The molecular weight excluding hydrogens is 162 g/mol. The number of nitrogens with two attached hydrogens (primary N) is 1. The molecule has 1 unspecified atom stereocenters. The minimum absolute atomic E-state index is 0. The summed E-state index contributed by atoms with van der Waals surface area (Å²) in [5.74, 6) is -2.75. The van der Waals surface area contributed by atoms with Gasteiger partial charge < -0.3 is 25.5 Å². The molecule has 0 bridgehead atoms. The van der Waals surface area contributed by atoms with E-state index >= 15 is 0 Å². The maximum Gasteiger partial charge on any atom is 2.00 e.